The first-order valence-corrected chi connectivity index (χ1v) is 4.71. The van der Waals surface area contributed by atoms with Gasteiger partial charge in [-0.05, 0) is 0 Å². The molecule has 6 nitrogen and oxygen atoms in total. The van der Waals surface area contributed by atoms with Gasteiger partial charge in [-0.25, -0.2) is 9.59 Å². The van der Waals surface area contributed by atoms with Crippen molar-refractivity contribution in [2.75, 3.05) is 0 Å². The summed E-state index contributed by atoms with van der Waals surface area (Å²) < 4.78 is 13.9. The van der Waals surface area contributed by atoms with Crippen molar-refractivity contribution < 1.29 is 23.5 Å². The van der Waals surface area contributed by atoms with E-state index in [0.29, 0.717) is 5.56 Å². The maximum absolute atomic E-state index is 11.0. The Balaban J connectivity index is 2.34. The summed E-state index contributed by atoms with van der Waals surface area (Å²) in [4.78, 5) is 21.2. The highest BCUT2D eigenvalue weighted by Crippen LogP contribution is 2.23. The standard InChI is InChI=1S/C11H8O6/c12-10(13)15-6-8-9(17-11(14)16-8)7-4-2-1-3-5-7/h1-5H,6H2,(H,12,13). The van der Waals surface area contributed by atoms with Crippen LogP contribution in [0.1, 0.15) is 5.76 Å². The normalized spacial score (nSPS) is 10.1. The van der Waals surface area contributed by atoms with Gasteiger partial charge >= 0.3 is 12.0 Å². The maximum Gasteiger partial charge on any atom is 0.519 e. The quantitative estimate of drug-likeness (QED) is 0.820. The van der Waals surface area contributed by atoms with Gasteiger partial charge in [0.05, 0.1) is 0 Å². The maximum atomic E-state index is 11.0. The van der Waals surface area contributed by atoms with Crippen LogP contribution in [-0.4, -0.2) is 11.3 Å². The Bertz CT molecular complexity index is 565. The zero-order valence-electron chi connectivity index (χ0n) is 8.58. The summed E-state index contributed by atoms with van der Waals surface area (Å²) in [5.74, 6) is -0.673. The zero-order valence-corrected chi connectivity index (χ0v) is 8.58. The van der Waals surface area contributed by atoms with E-state index in [1.54, 1.807) is 30.3 Å². The monoisotopic (exact) mass is 236 g/mol. The molecule has 0 aliphatic rings. The summed E-state index contributed by atoms with van der Waals surface area (Å²) in [5.41, 5.74) is 0.613. The molecule has 0 spiro atoms. The molecule has 0 unspecified atom stereocenters. The Morgan fingerprint density at radius 3 is 2.59 bits per heavy atom. The minimum Gasteiger partial charge on any atom is -0.450 e. The molecule has 0 saturated carbocycles. The summed E-state index contributed by atoms with van der Waals surface area (Å²) in [6, 6.07) is 8.72. The highest BCUT2D eigenvalue weighted by molar-refractivity contribution is 5.60. The number of carbonyl (C=O) groups is 1. The molecule has 1 aromatic carbocycles. The molecule has 0 fully saturated rings. The second-order valence-corrected chi connectivity index (χ2v) is 3.13. The minimum absolute atomic E-state index is 0.0450. The molecule has 6 heteroatoms. The van der Waals surface area contributed by atoms with Crippen LogP contribution in [0.3, 0.4) is 0 Å². The van der Waals surface area contributed by atoms with Gasteiger partial charge in [0.1, 0.15) is 0 Å². The molecule has 0 amide bonds. The van der Waals surface area contributed by atoms with Crippen LogP contribution in [0.25, 0.3) is 11.3 Å². The fourth-order valence-electron chi connectivity index (χ4n) is 1.34. The minimum atomic E-state index is -1.45. The lowest BCUT2D eigenvalue weighted by atomic mass is 10.1. The van der Waals surface area contributed by atoms with E-state index in [2.05, 4.69) is 4.74 Å². The highest BCUT2D eigenvalue weighted by Gasteiger charge is 2.16. The van der Waals surface area contributed by atoms with Crippen LogP contribution >= 0.6 is 0 Å². The van der Waals surface area contributed by atoms with Gasteiger partial charge in [0.2, 0.25) is 0 Å². The van der Waals surface area contributed by atoms with Gasteiger partial charge in [0.25, 0.3) is 0 Å². The van der Waals surface area contributed by atoms with Gasteiger partial charge in [-0.1, -0.05) is 30.3 Å². The second kappa shape index (κ2) is 4.56. The molecule has 1 N–H and O–H groups in total. The van der Waals surface area contributed by atoms with Crippen molar-refractivity contribution in [2.45, 2.75) is 6.61 Å². The SMILES string of the molecule is O=C(O)OCc1oc(=O)oc1-c1ccccc1. The van der Waals surface area contributed by atoms with Crippen LogP contribution in [-0.2, 0) is 11.3 Å². The van der Waals surface area contributed by atoms with Crippen molar-refractivity contribution in [3.8, 4) is 11.3 Å². The molecule has 1 aromatic heterocycles. The Labute approximate surface area is 95.0 Å². The number of carboxylic acid groups (broad SMARTS) is 1. The van der Waals surface area contributed by atoms with Crippen LogP contribution in [0.2, 0.25) is 0 Å². The fraction of sp³-hybridized carbons (Fsp3) is 0.0909. The first-order valence-electron chi connectivity index (χ1n) is 4.71. The Morgan fingerprint density at radius 2 is 1.94 bits per heavy atom. The predicted molar refractivity (Wildman–Crippen MR) is 55.5 cm³/mol. The van der Waals surface area contributed by atoms with Crippen LogP contribution in [0.5, 0.6) is 0 Å². The smallest absolute Gasteiger partial charge is 0.450 e. The van der Waals surface area contributed by atoms with E-state index in [9.17, 15) is 9.59 Å². The van der Waals surface area contributed by atoms with Crippen LogP contribution < -0.4 is 5.82 Å². The van der Waals surface area contributed by atoms with Gasteiger partial charge in [-0.15, -0.1) is 0 Å². The molecule has 0 atom stereocenters. The Kier molecular flexibility index (Phi) is 2.95. The third kappa shape index (κ3) is 2.54. The summed E-state index contributed by atoms with van der Waals surface area (Å²) in [5, 5.41) is 8.37. The van der Waals surface area contributed by atoms with E-state index in [4.69, 9.17) is 13.9 Å². The lowest BCUT2D eigenvalue weighted by Gasteiger charge is -1.99. The molecule has 0 radical (unpaired) electrons. The molecule has 0 aliphatic carbocycles. The van der Waals surface area contributed by atoms with Crippen molar-refractivity contribution in [3.05, 3.63) is 46.7 Å². The fourth-order valence-corrected chi connectivity index (χ4v) is 1.34. The summed E-state index contributed by atoms with van der Waals surface area (Å²) in [6.07, 6.45) is -1.45. The number of hydrogen-bond acceptors (Lipinski definition) is 5. The lowest BCUT2D eigenvalue weighted by Crippen LogP contribution is -2.00. The van der Waals surface area contributed by atoms with Gasteiger partial charge in [-0.3, -0.25) is 0 Å². The van der Waals surface area contributed by atoms with E-state index in [-0.39, 0.29) is 18.1 Å². The zero-order chi connectivity index (χ0) is 12.3. The third-order valence-electron chi connectivity index (χ3n) is 2.01. The van der Waals surface area contributed by atoms with Crippen LogP contribution in [0.15, 0.2) is 44.0 Å². The number of ether oxygens (including phenoxy) is 1. The summed E-state index contributed by atoms with van der Waals surface area (Å²) in [6.45, 7) is -0.370. The Morgan fingerprint density at radius 1 is 1.24 bits per heavy atom. The first-order chi connectivity index (χ1) is 8.16. The first kappa shape index (κ1) is 11.0. The molecule has 2 aromatic rings. The van der Waals surface area contributed by atoms with Gasteiger partial charge in [-0.2, -0.15) is 0 Å². The van der Waals surface area contributed by atoms with Crippen molar-refractivity contribution in [1.82, 2.24) is 0 Å². The van der Waals surface area contributed by atoms with E-state index < -0.39 is 12.0 Å². The van der Waals surface area contributed by atoms with Crippen LogP contribution in [0, 0.1) is 0 Å². The van der Waals surface area contributed by atoms with E-state index in [1.165, 1.54) is 0 Å². The molecule has 1 heterocycles. The molecule has 0 aliphatic heterocycles. The third-order valence-corrected chi connectivity index (χ3v) is 2.01. The van der Waals surface area contributed by atoms with Crippen molar-refractivity contribution in [2.24, 2.45) is 0 Å². The van der Waals surface area contributed by atoms with E-state index in [0.717, 1.165) is 0 Å². The number of rotatable bonds is 3. The molecular formula is C11H8O6. The molecule has 17 heavy (non-hydrogen) atoms. The van der Waals surface area contributed by atoms with Gasteiger partial charge < -0.3 is 18.7 Å². The topological polar surface area (TPSA) is 89.9 Å². The molecular weight excluding hydrogens is 228 g/mol. The van der Waals surface area contributed by atoms with Crippen molar-refractivity contribution in [1.29, 1.82) is 0 Å². The predicted octanol–water partition coefficient (Wildman–Crippen LogP) is 2.09. The largest absolute Gasteiger partial charge is 0.519 e. The average molecular weight is 236 g/mol. The molecule has 88 valence electrons. The average Bonchev–Trinajstić information content (AvgIpc) is 2.69. The number of benzene rings is 1. The molecule has 2 rings (SSSR count). The van der Waals surface area contributed by atoms with Crippen molar-refractivity contribution >= 4 is 6.16 Å². The number of hydrogen-bond donors (Lipinski definition) is 1. The van der Waals surface area contributed by atoms with Gasteiger partial charge in [0.15, 0.2) is 18.1 Å². The molecule has 0 saturated heterocycles. The van der Waals surface area contributed by atoms with Crippen molar-refractivity contribution in [3.63, 3.8) is 0 Å². The molecule has 0 bridgehead atoms. The highest BCUT2D eigenvalue weighted by atomic mass is 16.7. The van der Waals surface area contributed by atoms with Gasteiger partial charge in [0, 0.05) is 5.56 Å². The van der Waals surface area contributed by atoms with E-state index in [1.807, 2.05) is 0 Å². The second-order valence-electron chi connectivity index (χ2n) is 3.13. The lowest BCUT2D eigenvalue weighted by molar-refractivity contribution is 0.0789. The van der Waals surface area contributed by atoms with E-state index >= 15 is 0 Å². The summed E-state index contributed by atoms with van der Waals surface area (Å²) >= 11 is 0. The Hall–Kier alpha value is -2.50. The van der Waals surface area contributed by atoms with Crippen LogP contribution in [0.4, 0.5) is 4.79 Å². The summed E-state index contributed by atoms with van der Waals surface area (Å²) in [7, 11) is 0.